The van der Waals surface area contributed by atoms with Gasteiger partial charge in [-0.3, -0.25) is 4.79 Å². The highest BCUT2D eigenvalue weighted by atomic mass is 16.6. The molecule has 10 nitrogen and oxygen atoms in total. The summed E-state index contributed by atoms with van der Waals surface area (Å²) in [5, 5.41) is 0. The van der Waals surface area contributed by atoms with Crippen LogP contribution in [0.1, 0.15) is 6.42 Å². The minimum absolute atomic E-state index is 0.255. The van der Waals surface area contributed by atoms with E-state index < -0.39 is 0 Å². The molecule has 0 radical (unpaired) electrons. The standard InChI is InChI=1S/C20H41NO9/c1-21(2)5-7-25-9-11-27-13-15-29-17-19-30-18-16-28-14-12-26-10-8-24-6-4-20(22)23-3/h4-19H2,1-3H3. The van der Waals surface area contributed by atoms with Crippen molar-refractivity contribution in [3.8, 4) is 0 Å². The highest BCUT2D eigenvalue weighted by Gasteiger charge is 1.99. The molecule has 0 amide bonds. The summed E-state index contributed by atoms with van der Waals surface area (Å²) in [6, 6.07) is 0. The largest absolute Gasteiger partial charge is 0.469 e. The number of hydrogen-bond donors (Lipinski definition) is 0. The van der Waals surface area contributed by atoms with E-state index in [4.69, 9.17) is 33.2 Å². The summed E-state index contributed by atoms with van der Waals surface area (Å²) in [5.41, 5.74) is 0. The maximum atomic E-state index is 10.9. The number of carbonyl (C=O) groups excluding carboxylic acids is 1. The van der Waals surface area contributed by atoms with E-state index in [2.05, 4.69) is 9.64 Å². The Kier molecular flexibility index (Phi) is 23.7. The second-order valence-corrected chi connectivity index (χ2v) is 6.42. The summed E-state index contributed by atoms with van der Waals surface area (Å²) in [6.45, 7) is 8.22. The normalized spacial score (nSPS) is 11.3. The van der Waals surface area contributed by atoms with Crippen molar-refractivity contribution in [2.45, 2.75) is 6.42 Å². The van der Waals surface area contributed by atoms with Gasteiger partial charge in [-0.05, 0) is 14.1 Å². The van der Waals surface area contributed by atoms with Crippen LogP contribution in [-0.4, -0.2) is 131 Å². The summed E-state index contributed by atoms with van der Waals surface area (Å²) in [4.78, 5) is 12.9. The van der Waals surface area contributed by atoms with Gasteiger partial charge in [-0.2, -0.15) is 0 Å². The van der Waals surface area contributed by atoms with Crippen LogP contribution in [0.15, 0.2) is 0 Å². The van der Waals surface area contributed by atoms with Crippen molar-refractivity contribution in [1.82, 2.24) is 4.90 Å². The zero-order valence-electron chi connectivity index (χ0n) is 18.9. The van der Waals surface area contributed by atoms with Crippen molar-refractivity contribution in [1.29, 1.82) is 0 Å². The zero-order valence-corrected chi connectivity index (χ0v) is 18.9. The van der Waals surface area contributed by atoms with Gasteiger partial charge in [0.1, 0.15) is 0 Å². The Bertz CT molecular complexity index is 359. The fourth-order valence-electron chi connectivity index (χ4n) is 1.93. The molecule has 0 unspecified atom stereocenters. The quantitative estimate of drug-likeness (QED) is 0.154. The average Bonchev–Trinajstić information content (AvgIpc) is 2.73. The van der Waals surface area contributed by atoms with E-state index in [9.17, 15) is 4.79 Å². The number of likely N-dealkylation sites (N-methyl/N-ethyl adjacent to an activating group) is 1. The summed E-state index contributed by atoms with van der Waals surface area (Å²) >= 11 is 0. The molecule has 0 spiro atoms. The summed E-state index contributed by atoms with van der Waals surface area (Å²) < 4.78 is 42.1. The van der Waals surface area contributed by atoms with E-state index in [1.807, 2.05) is 14.1 Å². The Balaban J connectivity index is 3.03. The molecule has 10 heteroatoms. The van der Waals surface area contributed by atoms with Gasteiger partial charge in [-0.25, -0.2) is 0 Å². The summed E-state index contributed by atoms with van der Waals surface area (Å²) in [5.74, 6) is -0.278. The number of rotatable bonds is 24. The first kappa shape index (κ1) is 29.1. The average molecular weight is 440 g/mol. The second-order valence-electron chi connectivity index (χ2n) is 6.42. The lowest BCUT2D eigenvalue weighted by Gasteiger charge is -2.10. The van der Waals surface area contributed by atoms with E-state index in [1.165, 1.54) is 7.11 Å². The van der Waals surface area contributed by atoms with Gasteiger partial charge in [0, 0.05) is 6.54 Å². The maximum absolute atomic E-state index is 10.9. The lowest BCUT2D eigenvalue weighted by molar-refractivity contribution is -0.141. The molecule has 0 aliphatic carbocycles. The molecule has 0 N–H and O–H groups in total. The highest BCUT2D eigenvalue weighted by molar-refractivity contribution is 5.69. The van der Waals surface area contributed by atoms with E-state index >= 15 is 0 Å². The molecule has 0 aromatic heterocycles. The van der Waals surface area contributed by atoms with Crippen LogP contribution < -0.4 is 0 Å². The number of nitrogens with zero attached hydrogens (tertiary/aromatic N) is 1. The van der Waals surface area contributed by atoms with E-state index in [0.29, 0.717) is 85.9 Å². The number of methoxy groups -OCH3 is 1. The molecule has 0 fully saturated rings. The lowest BCUT2D eigenvalue weighted by atomic mass is 10.5. The molecule has 0 aromatic rings. The molecule has 0 atom stereocenters. The lowest BCUT2D eigenvalue weighted by Crippen LogP contribution is -2.19. The third-order valence-corrected chi connectivity index (χ3v) is 3.59. The van der Waals surface area contributed by atoms with Crippen LogP contribution in [0.3, 0.4) is 0 Å². The molecule has 0 saturated heterocycles. The number of ether oxygens (including phenoxy) is 8. The number of hydrogen-bond acceptors (Lipinski definition) is 10. The Hall–Kier alpha value is -0.850. The molecule has 0 aliphatic rings. The first-order valence-electron chi connectivity index (χ1n) is 10.4. The van der Waals surface area contributed by atoms with Crippen LogP contribution in [0.5, 0.6) is 0 Å². The van der Waals surface area contributed by atoms with Crippen molar-refractivity contribution < 1.29 is 42.7 Å². The SMILES string of the molecule is COC(=O)CCOCCOCCOCCOCCOCCOCCOCCN(C)C. The maximum Gasteiger partial charge on any atom is 0.307 e. The third kappa shape index (κ3) is 25.2. The first-order chi connectivity index (χ1) is 14.7. The van der Waals surface area contributed by atoms with Gasteiger partial charge in [0.15, 0.2) is 0 Å². The molecular weight excluding hydrogens is 398 g/mol. The van der Waals surface area contributed by atoms with Crippen LogP contribution in [-0.2, 0) is 42.7 Å². The summed E-state index contributed by atoms with van der Waals surface area (Å²) in [6.07, 6.45) is 0.255. The van der Waals surface area contributed by atoms with Crippen molar-refractivity contribution >= 4 is 5.97 Å². The van der Waals surface area contributed by atoms with Gasteiger partial charge in [0.2, 0.25) is 0 Å². The molecule has 0 bridgehead atoms. The second kappa shape index (κ2) is 24.4. The highest BCUT2D eigenvalue weighted by Crippen LogP contribution is 1.88. The predicted octanol–water partition coefficient (Wildman–Crippen LogP) is 0.227. The topological polar surface area (TPSA) is 94.2 Å². The molecular formula is C20H41NO9. The minimum Gasteiger partial charge on any atom is -0.469 e. The van der Waals surface area contributed by atoms with Gasteiger partial charge < -0.3 is 42.8 Å². The van der Waals surface area contributed by atoms with Gasteiger partial charge >= 0.3 is 5.97 Å². The summed E-state index contributed by atoms with van der Waals surface area (Å²) in [7, 11) is 5.39. The molecule has 30 heavy (non-hydrogen) atoms. The smallest absolute Gasteiger partial charge is 0.307 e. The van der Waals surface area contributed by atoms with Crippen molar-refractivity contribution in [3.05, 3.63) is 0 Å². The molecule has 0 aliphatic heterocycles. The molecule has 0 aromatic carbocycles. The van der Waals surface area contributed by atoms with Gasteiger partial charge in [0.25, 0.3) is 0 Å². The van der Waals surface area contributed by atoms with E-state index in [0.717, 1.165) is 13.2 Å². The van der Waals surface area contributed by atoms with Gasteiger partial charge in [-0.15, -0.1) is 0 Å². The fourth-order valence-corrected chi connectivity index (χ4v) is 1.93. The first-order valence-corrected chi connectivity index (χ1v) is 10.4. The molecule has 0 rings (SSSR count). The van der Waals surface area contributed by atoms with Crippen LogP contribution in [0.2, 0.25) is 0 Å². The van der Waals surface area contributed by atoms with Crippen LogP contribution >= 0.6 is 0 Å². The number of carbonyl (C=O) groups is 1. The van der Waals surface area contributed by atoms with Gasteiger partial charge in [0.05, 0.1) is 106 Å². The van der Waals surface area contributed by atoms with E-state index in [1.54, 1.807) is 0 Å². The fraction of sp³-hybridized carbons (Fsp3) is 0.950. The third-order valence-electron chi connectivity index (χ3n) is 3.59. The Labute approximate surface area is 181 Å². The van der Waals surface area contributed by atoms with Crippen molar-refractivity contribution in [3.63, 3.8) is 0 Å². The molecule has 180 valence electrons. The minimum atomic E-state index is -0.278. The zero-order chi connectivity index (χ0) is 22.1. The number of esters is 1. The Morgan fingerprint density at radius 2 is 0.833 bits per heavy atom. The van der Waals surface area contributed by atoms with Crippen LogP contribution in [0.4, 0.5) is 0 Å². The Morgan fingerprint density at radius 3 is 1.13 bits per heavy atom. The van der Waals surface area contributed by atoms with Crippen LogP contribution in [0.25, 0.3) is 0 Å². The monoisotopic (exact) mass is 439 g/mol. The van der Waals surface area contributed by atoms with Gasteiger partial charge in [-0.1, -0.05) is 0 Å². The van der Waals surface area contributed by atoms with Crippen molar-refractivity contribution in [2.24, 2.45) is 0 Å². The van der Waals surface area contributed by atoms with E-state index in [-0.39, 0.29) is 12.4 Å². The predicted molar refractivity (Wildman–Crippen MR) is 111 cm³/mol. The molecule has 0 saturated carbocycles. The molecule has 0 heterocycles. The Morgan fingerprint density at radius 1 is 0.533 bits per heavy atom. The van der Waals surface area contributed by atoms with Crippen LogP contribution in [0, 0.1) is 0 Å². The van der Waals surface area contributed by atoms with Crippen molar-refractivity contribution in [2.75, 3.05) is 120 Å².